The van der Waals surface area contributed by atoms with Crippen LogP contribution in [0.1, 0.15) is 52.8 Å². The number of aliphatic imine (C=N–C) groups is 1. The van der Waals surface area contributed by atoms with Crippen LogP contribution in [0.15, 0.2) is 29.3 Å². The first kappa shape index (κ1) is 13.7. The van der Waals surface area contributed by atoms with E-state index in [1.165, 1.54) is 34.4 Å². The van der Waals surface area contributed by atoms with Crippen LogP contribution in [-0.2, 0) is 19.3 Å². The minimum Gasteiger partial charge on any atom is -0.241 e. The van der Waals surface area contributed by atoms with Crippen LogP contribution in [0.2, 0.25) is 0 Å². The lowest BCUT2D eigenvalue weighted by Crippen LogP contribution is -2.11. The summed E-state index contributed by atoms with van der Waals surface area (Å²) in [4.78, 5) is 6.34. The van der Waals surface area contributed by atoms with Crippen molar-refractivity contribution in [1.82, 2.24) is 0 Å². The molecule has 2 nitrogen and oxygen atoms in total. The summed E-state index contributed by atoms with van der Waals surface area (Å²) in [5, 5.41) is 10.5. The van der Waals surface area contributed by atoms with Gasteiger partial charge in [0.2, 0.25) is 0 Å². The van der Waals surface area contributed by atoms with Gasteiger partial charge < -0.3 is 0 Å². The van der Waals surface area contributed by atoms with Crippen LogP contribution in [0.4, 0.5) is 5.00 Å². The highest BCUT2D eigenvalue weighted by molar-refractivity contribution is 7.16. The molecular formula is C19H18N2S. The minimum absolute atomic E-state index is 0.843. The predicted molar refractivity (Wildman–Crippen MR) is 91.3 cm³/mol. The second-order valence-corrected chi connectivity index (χ2v) is 7.16. The molecule has 22 heavy (non-hydrogen) atoms. The molecule has 0 saturated heterocycles. The fraction of sp³-hybridized carbons (Fsp3) is 0.368. The Hall–Kier alpha value is -1.92. The Morgan fingerprint density at radius 3 is 2.77 bits per heavy atom. The highest BCUT2D eigenvalue weighted by Gasteiger charge is 2.22. The van der Waals surface area contributed by atoms with Gasteiger partial charge in [0.25, 0.3) is 0 Å². The molecule has 1 aromatic carbocycles. The largest absolute Gasteiger partial charge is 0.241 e. The molecule has 2 aliphatic carbocycles. The third-order valence-electron chi connectivity index (χ3n) is 4.69. The van der Waals surface area contributed by atoms with Gasteiger partial charge >= 0.3 is 0 Å². The van der Waals surface area contributed by atoms with Crippen molar-refractivity contribution in [2.24, 2.45) is 4.99 Å². The van der Waals surface area contributed by atoms with Crippen molar-refractivity contribution >= 4 is 22.0 Å². The number of hydrogen-bond acceptors (Lipinski definition) is 3. The highest BCUT2D eigenvalue weighted by Crippen LogP contribution is 2.40. The smallest absolute Gasteiger partial charge is 0.134 e. The van der Waals surface area contributed by atoms with Crippen molar-refractivity contribution in [2.45, 2.75) is 44.9 Å². The Kier molecular flexibility index (Phi) is 3.56. The molecule has 0 N–H and O–H groups in total. The third kappa shape index (κ3) is 2.28. The minimum atomic E-state index is 0.843. The third-order valence-corrected chi connectivity index (χ3v) is 5.87. The van der Waals surface area contributed by atoms with Crippen LogP contribution in [0.5, 0.6) is 0 Å². The van der Waals surface area contributed by atoms with Gasteiger partial charge in [-0.05, 0) is 61.6 Å². The maximum Gasteiger partial charge on any atom is 0.134 e. The van der Waals surface area contributed by atoms with Crippen molar-refractivity contribution in [3.63, 3.8) is 0 Å². The second-order valence-electron chi connectivity index (χ2n) is 6.07. The molecular weight excluding hydrogens is 288 g/mol. The summed E-state index contributed by atoms with van der Waals surface area (Å²) in [6.45, 7) is 0. The summed E-state index contributed by atoms with van der Waals surface area (Å²) in [5.74, 6) is 0. The van der Waals surface area contributed by atoms with E-state index in [4.69, 9.17) is 4.99 Å². The molecule has 0 bridgehead atoms. The molecule has 0 aliphatic heterocycles. The standard InChI is InChI=1S/C19H18N2S/c20-12-16-15-9-3-4-11-18(15)22-19(16)21-17-10-5-7-13-6-1-2-8-14(13)17/h1-2,6,8H,3-5,7,9-11H2. The zero-order valence-electron chi connectivity index (χ0n) is 12.6. The van der Waals surface area contributed by atoms with Gasteiger partial charge in [0.15, 0.2) is 0 Å². The lowest BCUT2D eigenvalue weighted by Gasteiger charge is -2.17. The van der Waals surface area contributed by atoms with Gasteiger partial charge in [-0.2, -0.15) is 5.26 Å². The molecule has 0 spiro atoms. The van der Waals surface area contributed by atoms with Crippen LogP contribution < -0.4 is 0 Å². The van der Waals surface area contributed by atoms with Crippen LogP contribution in [0.3, 0.4) is 0 Å². The van der Waals surface area contributed by atoms with Crippen molar-refractivity contribution in [3.05, 3.63) is 51.4 Å². The summed E-state index contributed by atoms with van der Waals surface area (Å²) in [6, 6.07) is 11.0. The monoisotopic (exact) mass is 306 g/mol. The van der Waals surface area contributed by atoms with Gasteiger partial charge in [-0.1, -0.05) is 24.3 Å². The predicted octanol–water partition coefficient (Wildman–Crippen LogP) is 4.96. The lowest BCUT2D eigenvalue weighted by atomic mass is 9.90. The normalized spacial score (nSPS) is 18.6. The average Bonchev–Trinajstić information content (AvgIpc) is 2.92. The summed E-state index contributed by atoms with van der Waals surface area (Å²) >= 11 is 1.74. The Morgan fingerprint density at radius 1 is 1.00 bits per heavy atom. The lowest BCUT2D eigenvalue weighted by molar-refractivity contribution is 0.696. The Balaban J connectivity index is 1.81. The number of hydrogen-bond donors (Lipinski definition) is 0. The molecule has 0 atom stereocenters. The first-order valence-corrected chi connectivity index (χ1v) is 8.89. The zero-order chi connectivity index (χ0) is 14.9. The number of thiophene rings is 1. The number of aryl methyl sites for hydroxylation is 2. The van der Waals surface area contributed by atoms with Gasteiger partial charge in [-0.3, -0.25) is 0 Å². The van der Waals surface area contributed by atoms with Crippen LogP contribution in [0.25, 0.3) is 0 Å². The fourth-order valence-electron chi connectivity index (χ4n) is 3.59. The van der Waals surface area contributed by atoms with E-state index in [9.17, 15) is 5.26 Å². The molecule has 0 radical (unpaired) electrons. The number of rotatable bonds is 1. The highest BCUT2D eigenvalue weighted by atomic mass is 32.1. The Bertz CT molecular complexity index is 792. The van der Waals surface area contributed by atoms with Crippen LogP contribution in [0, 0.1) is 11.3 Å². The Morgan fingerprint density at radius 2 is 1.86 bits per heavy atom. The molecule has 0 amide bonds. The molecule has 2 aromatic rings. The van der Waals surface area contributed by atoms with Gasteiger partial charge in [0.05, 0.1) is 5.56 Å². The summed E-state index contributed by atoms with van der Waals surface area (Å²) in [7, 11) is 0. The topological polar surface area (TPSA) is 36.1 Å². The number of nitriles is 1. The van der Waals surface area contributed by atoms with Crippen LogP contribution >= 0.6 is 11.3 Å². The van der Waals surface area contributed by atoms with Crippen molar-refractivity contribution in [1.29, 1.82) is 5.26 Å². The van der Waals surface area contributed by atoms with E-state index in [2.05, 4.69) is 30.3 Å². The van der Waals surface area contributed by atoms with E-state index in [0.717, 1.165) is 48.4 Å². The first-order valence-electron chi connectivity index (χ1n) is 8.07. The zero-order valence-corrected chi connectivity index (χ0v) is 13.4. The van der Waals surface area contributed by atoms with Gasteiger partial charge in [-0.15, -0.1) is 11.3 Å². The Labute approximate surface area is 135 Å². The molecule has 110 valence electrons. The molecule has 0 saturated carbocycles. The average molecular weight is 306 g/mol. The molecule has 3 heteroatoms. The molecule has 1 aromatic heterocycles. The van der Waals surface area contributed by atoms with Crippen molar-refractivity contribution < 1.29 is 0 Å². The quantitative estimate of drug-likeness (QED) is 0.734. The summed E-state index contributed by atoms with van der Waals surface area (Å²) in [5.41, 5.74) is 5.96. The van der Waals surface area contributed by atoms with E-state index in [1.807, 2.05) is 0 Å². The maximum absolute atomic E-state index is 9.58. The summed E-state index contributed by atoms with van der Waals surface area (Å²) < 4.78 is 0. The van der Waals surface area contributed by atoms with Crippen LogP contribution in [-0.4, -0.2) is 5.71 Å². The van der Waals surface area contributed by atoms with Gasteiger partial charge in [-0.25, -0.2) is 4.99 Å². The molecule has 0 unspecified atom stereocenters. The molecule has 2 aliphatic rings. The second kappa shape index (κ2) is 5.70. The van der Waals surface area contributed by atoms with Crippen molar-refractivity contribution in [3.8, 4) is 6.07 Å². The van der Waals surface area contributed by atoms with E-state index in [0.29, 0.717) is 0 Å². The molecule has 1 heterocycles. The van der Waals surface area contributed by atoms with E-state index < -0.39 is 0 Å². The van der Waals surface area contributed by atoms with E-state index >= 15 is 0 Å². The van der Waals surface area contributed by atoms with E-state index in [1.54, 1.807) is 11.3 Å². The van der Waals surface area contributed by atoms with Gasteiger partial charge in [0.1, 0.15) is 11.1 Å². The molecule has 4 rings (SSSR count). The van der Waals surface area contributed by atoms with E-state index in [-0.39, 0.29) is 0 Å². The SMILES string of the molecule is N#Cc1c(N=C2CCCc3ccccc32)sc2c1CCCC2. The van der Waals surface area contributed by atoms with Crippen molar-refractivity contribution in [2.75, 3.05) is 0 Å². The fourth-order valence-corrected chi connectivity index (χ4v) is 4.82. The number of benzene rings is 1. The summed E-state index contributed by atoms with van der Waals surface area (Å²) in [6.07, 6.45) is 7.94. The molecule has 0 fully saturated rings. The number of fused-ring (bicyclic) bond motifs is 2. The maximum atomic E-state index is 9.58. The van der Waals surface area contributed by atoms with Gasteiger partial charge in [0, 0.05) is 10.6 Å². The first-order chi connectivity index (χ1) is 10.9. The number of nitrogens with zero attached hydrogens (tertiary/aromatic N) is 2.